The normalized spacial score (nSPS) is 10.6. The van der Waals surface area contributed by atoms with E-state index >= 15 is 0 Å². The van der Waals surface area contributed by atoms with Crippen LogP contribution >= 0.6 is 0 Å². The number of halogens is 1. The minimum Gasteiger partial charge on any atom is -0.489 e. The molecule has 0 atom stereocenters. The van der Waals surface area contributed by atoms with Gasteiger partial charge < -0.3 is 9.75 Å². The number of rotatable bonds is 5. The fraction of sp³-hybridized carbons (Fsp3) is 0.150. The number of nitrogens with zero attached hydrogens (tertiary/aromatic N) is 2. The molecule has 2 aromatic carbocycles. The fourth-order valence-electron chi connectivity index (χ4n) is 2.69. The average Bonchev–Trinajstić information content (AvgIpc) is 2.61. The Kier molecular flexibility index (Phi) is 4.95. The van der Waals surface area contributed by atoms with Gasteiger partial charge in [-0.05, 0) is 48.9 Å². The van der Waals surface area contributed by atoms with E-state index in [2.05, 4.69) is 4.98 Å². The number of hydrogen-bond donors (Lipinski definition) is 1. The smallest absolute Gasteiger partial charge is 0.149 e. The molecule has 0 aliphatic carbocycles. The Balaban J connectivity index is 1.80. The van der Waals surface area contributed by atoms with Gasteiger partial charge in [0.1, 0.15) is 23.9 Å². The molecular formula is C20H20FN3O. The molecule has 3 aromatic rings. The maximum absolute atomic E-state index is 13.9. The summed E-state index contributed by atoms with van der Waals surface area (Å²) in [5.74, 6) is 6.25. The predicted octanol–water partition coefficient (Wildman–Crippen LogP) is 4.09. The van der Waals surface area contributed by atoms with Crippen LogP contribution in [0, 0.1) is 12.7 Å². The molecule has 0 bridgehead atoms. The molecule has 25 heavy (non-hydrogen) atoms. The molecule has 4 nitrogen and oxygen atoms in total. The number of aromatic nitrogens is 1. The van der Waals surface area contributed by atoms with E-state index in [1.54, 1.807) is 24.3 Å². The van der Waals surface area contributed by atoms with Gasteiger partial charge in [-0.2, -0.15) is 0 Å². The molecule has 1 heterocycles. The molecule has 0 radical (unpaired) electrons. The van der Waals surface area contributed by atoms with Crippen molar-refractivity contribution < 1.29 is 9.13 Å². The summed E-state index contributed by atoms with van der Waals surface area (Å²) in [5.41, 5.74) is 3.89. The third-order valence-electron chi connectivity index (χ3n) is 3.96. The molecule has 0 aliphatic heterocycles. The first-order valence-electron chi connectivity index (χ1n) is 7.97. The third kappa shape index (κ3) is 3.78. The molecule has 0 unspecified atom stereocenters. The molecule has 5 heteroatoms. The molecule has 0 amide bonds. The van der Waals surface area contributed by atoms with Crippen molar-refractivity contribution in [3.8, 4) is 17.0 Å². The van der Waals surface area contributed by atoms with E-state index < -0.39 is 0 Å². The van der Waals surface area contributed by atoms with Crippen LogP contribution in [0.3, 0.4) is 0 Å². The van der Waals surface area contributed by atoms with Crippen molar-refractivity contribution in [3.05, 3.63) is 77.7 Å². The zero-order valence-corrected chi connectivity index (χ0v) is 14.2. The molecule has 0 spiro atoms. The maximum atomic E-state index is 13.9. The topological polar surface area (TPSA) is 51.4 Å². The van der Waals surface area contributed by atoms with Crippen LogP contribution in [0.2, 0.25) is 0 Å². The number of hydrazine groups is 1. The van der Waals surface area contributed by atoms with E-state index in [0.29, 0.717) is 12.3 Å². The Hall–Kier alpha value is -2.92. The summed E-state index contributed by atoms with van der Waals surface area (Å²) in [7, 11) is 1.79. The minimum atomic E-state index is -0.338. The summed E-state index contributed by atoms with van der Waals surface area (Å²) in [5, 5.41) is 1.57. The number of hydrogen-bond acceptors (Lipinski definition) is 4. The van der Waals surface area contributed by atoms with Gasteiger partial charge in [-0.1, -0.05) is 18.2 Å². The van der Waals surface area contributed by atoms with Gasteiger partial charge in [-0.3, -0.25) is 4.98 Å². The summed E-state index contributed by atoms with van der Waals surface area (Å²) in [6.45, 7) is 2.33. The highest BCUT2D eigenvalue weighted by molar-refractivity contribution is 5.62. The van der Waals surface area contributed by atoms with Crippen molar-refractivity contribution >= 4 is 5.69 Å². The number of nitrogens with two attached hydrogens (primary N) is 1. The Labute approximate surface area is 146 Å². The largest absolute Gasteiger partial charge is 0.489 e. The lowest BCUT2D eigenvalue weighted by Gasteiger charge is -2.18. The van der Waals surface area contributed by atoms with Gasteiger partial charge in [-0.15, -0.1) is 0 Å². The monoisotopic (exact) mass is 337 g/mol. The highest BCUT2D eigenvalue weighted by Crippen LogP contribution is 2.28. The Bertz CT molecular complexity index is 880. The van der Waals surface area contributed by atoms with E-state index in [1.165, 1.54) is 6.07 Å². The van der Waals surface area contributed by atoms with Gasteiger partial charge in [-0.25, -0.2) is 10.2 Å². The van der Waals surface area contributed by atoms with Crippen molar-refractivity contribution in [1.29, 1.82) is 0 Å². The number of ether oxygens (including phenoxy) is 1. The first-order chi connectivity index (χ1) is 12.1. The number of para-hydroxylation sites is 1. The van der Waals surface area contributed by atoms with Gasteiger partial charge in [0.15, 0.2) is 0 Å². The summed E-state index contributed by atoms with van der Waals surface area (Å²) in [6, 6.07) is 16.3. The Morgan fingerprint density at radius 1 is 1.12 bits per heavy atom. The predicted molar refractivity (Wildman–Crippen MR) is 97.7 cm³/mol. The molecule has 3 rings (SSSR count). The molecule has 0 fully saturated rings. The van der Waals surface area contributed by atoms with Gasteiger partial charge >= 0.3 is 0 Å². The molecule has 0 saturated carbocycles. The van der Waals surface area contributed by atoms with E-state index in [0.717, 1.165) is 28.1 Å². The van der Waals surface area contributed by atoms with Crippen LogP contribution < -0.4 is 15.6 Å². The van der Waals surface area contributed by atoms with Gasteiger partial charge in [0, 0.05) is 24.4 Å². The first kappa shape index (κ1) is 16.9. The van der Waals surface area contributed by atoms with E-state index in [9.17, 15) is 4.39 Å². The highest BCUT2D eigenvalue weighted by atomic mass is 19.1. The molecular weight excluding hydrogens is 317 g/mol. The van der Waals surface area contributed by atoms with E-state index in [4.69, 9.17) is 10.6 Å². The average molecular weight is 337 g/mol. The summed E-state index contributed by atoms with van der Waals surface area (Å²) in [4.78, 5) is 4.11. The Morgan fingerprint density at radius 2 is 1.92 bits per heavy atom. The quantitative estimate of drug-likeness (QED) is 0.563. The standard InChI is InChI=1S/C20H20FN3O/c1-14-12-15(20-17(21)7-5-11-23-20)9-10-19(14)25-13-16-6-3-4-8-18(16)24(2)22/h3-12H,13,22H2,1-2H3. The molecule has 1 aromatic heterocycles. The lowest BCUT2D eigenvalue weighted by atomic mass is 10.1. The first-order valence-corrected chi connectivity index (χ1v) is 7.97. The number of pyridine rings is 1. The third-order valence-corrected chi connectivity index (χ3v) is 3.96. The number of aryl methyl sites for hydroxylation is 1. The Morgan fingerprint density at radius 3 is 2.64 bits per heavy atom. The highest BCUT2D eigenvalue weighted by Gasteiger charge is 2.10. The van der Waals surface area contributed by atoms with Crippen molar-refractivity contribution in [2.45, 2.75) is 13.5 Å². The van der Waals surface area contributed by atoms with Crippen molar-refractivity contribution in [1.82, 2.24) is 4.98 Å². The lowest BCUT2D eigenvalue weighted by Crippen LogP contribution is -2.26. The van der Waals surface area contributed by atoms with Crippen LogP contribution in [0.25, 0.3) is 11.3 Å². The van der Waals surface area contributed by atoms with Crippen molar-refractivity contribution in [3.63, 3.8) is 0 Å². The van der Waals surface area contributed by atoms with Crippen molar-refractivity contribution in [2.24, 2.45) is 5.84 Å². The second kappa shape index (κ2) is 7.32. The number of benzene rings is 2. The maximum Gasteiger partial charge on any atom is 0.149 e. The summed E-state index contributed by atoms with van der Waals surface area (Å²) >= 11 is 0. The SMILES string of the molecule is Cc1cc(-c2ncccc2F)ccc1OCc1ccccc1N(C)N. The van der Waals surface area contributed by atoms with Crippen LogP contribution in [0.4, 0.5) is 10.1 Å². The fourth-order valence-corrected chi connectivity index (χ4v) is 2.69. The zero-order valence-electron chi connectivity index (χ0n) is 14.2. The summed E-state index contributed by atoms with van der Waals surface area (Å²) < 4.78 is 19.8. The second-order valence-electron chi connectivity index (χ2n) is 5.84. The zero-order chi connectivity index (χ0) is 17.8. The van der Waals surface area contributed by atoms with Gasteiger partial charge in [0.2, 0.25) is 0 Å². The van der Waals surface area contributed by atoms with Crippen LogP contribution in [-0.2, 0) is 6.61 Å². The lowest BCUT2D eigenvalue weighted by molar-refractivity contribution is 0.304. The molecule has 0 aliphatic rings. The molecule has 0 saturated heterocycles. The van der Waals surface area contributed by atoms with E-state index in [-0.39, 0.29) is 5.82 Å². The minimum absolute atomic E-state index is 0.338. The van der Waals surface area contributed by atoms with Gasteiger partial charge in [0.25, 0.3) is 0 Å². The van der Waals surface area contributed by atoms with Crippen LogP contribution in [0.5, 0.6) is 5.75 Å². The van der Waals surface area contributed by atoms with E-state index in [1.807, 2.05) is 49.4 Å². The molecule has 128 valence electrons. The number of anilines is 1. The van der Waals surface area contributed by atoms with Gasteiger partial charge in [0.05, 0.1) is 5.69 Å². The second-order valence-corrected chi connectivity index (χ2v) is 5.84. The van der Waals surface area contributed by atoms with Crippen LogP contribution in [0.1, 0.15) is 11.1 Å². The summed E-state index contributed by atoms with van der Waals surface area (Å²) in [6.07, 6.45) is 1.58. The van der Waals surface area contributed by atoms with Crippen molar-refractivity contribution in [2.75, 3.05) is 12.1 Å². The molecule has 2 N–H and O–H groups in total. The van der Waals surface area contributed by atoms with Crippen LogP contribution in [-0.4, -0.2) is 12.0 Å². The van der Waals surface area contributed by atoms with Crippen LogP contribution in [0.15, 0.2) is 60.8 Å².